The molecule has 1 unspecified atom stereocenters. The maximum atomic E-state index is 11.9. The Bertz CT molecular complexity index is 328. The van der Waals surface area contributed by atoms with Gasteiger partial charge in [0.1, 0.15) is 5.75 Å². The summed E-state index contributed by atoms with van der Waals surface area (Å²) in [7, 11) is 1.94. The molecule has 0 amide bonds. The van der Waals surface area contributed by atoms with Crippen LogP contribution in [0.4, 0.5) is 4.39 Å². The molecular weight excluding hydrogens is 205 g/mol. The third-order valence-corrected chi connectivity index (χ3v) is 2.67. The van der Waals surface area contributed by atoms with E-state index >= 15 is 0 Å². The van der Waals surface area contributed by atoms with Gasteiger partial charge >= 0.3 is 0 Å². The van der Waals surface area contributed by atoms with Crippen LogP contribution < -0.4 is 10.1 Å². The fraction of sp³-hybridized carbons (Fsp3) is 0.538. The Hall–Kier alpha value is -1.09. The van der Waals surface area contributed by atoms with Crippen LogP contribution in [-0.2, 0) is 0 Å². The smallest absolute Gasteiger partial charge is 0.122 e. The lowest BCUT2D eigenvalue weighted by Gasteiger charge is -2.14. The van der Waals surface area contributed by atoms with Gasteiger partial charge in [-0.3, -0.25) is 4.39 Å². The summed E-state index contributed by atoms with van der Waals surface area (Å²) in [6.45, 7) is 4.24. The summed E-state index contributed by atoms with van der Waals surface area (Å²) in [5.41, 5.74) is 2.33. The number of alkyl halides is 1. The van der Waals surface area contributed by atoms with Gasteiger partial charge in [0.2, 0.25) is 0 Å². The van der Waals surface area contributed by atoms with Crippen molar-refractivity contribution in [2.24, 2.45) is 0 Å². The number of ether oxygens (including phenoxy) is 1. The largest absolute Gasteiger partial charge is 0.493 e. The predicted molar refractivity (Wildman–Crippen MR) is 64.7 cm³/mol. The summed E-state index contributed by atoms with van der Waals surface area (Å²) >= 11 is 0. The molecule has 0 aliphatic rings. The predicted octanol–water partition coefficient (Wildman–Crippen LogP) is 3.01. The van der Waals surface area contributed by atoms with Crippen LogP contribution in [0.2, 0.25) is 0 Å². The quantitative estimate of drug-likeness (QED) is 0.751. The summed E-state index contributed by atoms with van der Waals surface area (Å²) in [6, 6.07) is 6.43. The maximum Gasteiger partial charge on any atom is 0.122 e. The highest BCUT2D eigenvalue weighted by Gasteiger charge is 2.05. The van der Waals surface area contributed by atoms with Crippen molar-refractivity contribution in [1.82, 2.24) is 5.32 Å². The van der Waals surface area contributed by atoms with E-state index in [9.17, 15) is 4.39 Å². The highest BCUT2D eigenvalue weighted by Crippen LogP contribution is 2.22. The number of aryl methyl sites for hydroxylation is 1. The normalized spacial score (nSPS) is 12.5. The van der Waals surface area contributed by atoms with Crippen LogP contribution in [0, 0.1) is 6.92 Å². The molecule has 0 saturated carbocycles. The third-order valence-electron chi connectivity index (χ3n) is 2.67. The first-order chi connectivity index (χ1) is 7.69. The lowest BCUT2D eigenvalue weighted by Crippen LogP contribution is -2.12. The molecule has 1 aromatic rings. The monoisotopic (exact) mass is 225 g/mol. The summed E-state index contributed by atoms with van der Waals surface area (Å²) in [5, 5.41) is 3.19. The van der Waals surface area contributed by atoms with Crippen molar-refractivity contribution in [1.29, 1.82) is 0 Å². The van der Waals surface area contributed by atoms with Crippen molar-refractivity contribution in [3.05, 3.63) is 29.3 Å². The highest BCUT2D eigenvalue weighted by molar-refractivity contribution is 5.37. The Morgan fingerprint density at radius 1 is 1.44 bits per heavy atom. The van der Waals surface area contributed by atoms with Gasteiger partial charge in [-0.1, -0.05) is 12.1 Å². The SMILES string of the molecule is CNC(C)c1ccc(OCCCF)c(C)c1. The Balaban J connectivity index is 2.67. The fourth-order valence-electron chi connectivity index (χ4n) is 1.51. The molecule has 0 aliphatic heterocycles. The molecule has 0 heterocycles. The van der Waals surface area contributed by atoms with Crippen molar-refractivity contribution < 1.29 is 9.13 Å². The van der Waals surface area contributed by atoms with Crippen molar-refractivity contribution in [2.75, 3.05) is 20.3 Å². The number of rotatable bonds is 6. The first-order valence-electron chi connectivity index (χ1n) is 5.65. The number of benzene rings is 1. The number of hydrogen-bond acceptors (Lipinski definition) is 2. The van der Waals surface area contributed by atoms with Crippen LogP contribution >= 0.6 is 0 Å². The molecule has 0 aliphatic carbocycles. The Morgan fingerprint density at radius 2 is 2.19 bits per heavy atom. The van der Waals surface area contributed by atoms with Crippen molar-refractivity contribution in [3.8, 4) is 5.75 Å². The van der Waals surface area contributed by atoms with E-state index in [0.717, 1.165) is 11.3 Å². The average Bonchev–Trinajstić information content (AvgIpc) is 2.30. The minimum Gasteiger partial charge on any atom is -0.493 e. The molecule has 1 N–H and O–H groups in total. The van der Waals surface area contributed by atoms with E-state index in [-0.39, 0.29) is 6.67 Å². The molecule has 3 heteroatoms. The zero-order valence-corrected chi connectivity index (χ0v) is 10.2. The van der Waals surface area contributed by atoms with E-state index in [1.807, 2.05) is 26.1 Å². The zero-order valence-electron chi connectivity index (χ0n) is 10.2. The second-order valence-electron chi connectivity index (χ2n) is 3.93. The average molecular weight is 225 g/mol. The first-order valence-corrected chi connectivity index (χ1v) is 5.65. The standard InChI is InChI=1S/C13H20FNO/c1-10-9-12(11(2)15-3)5-6-13(10)16-8-4-7-14/h5-6,9,11,15H,4,7-8H2,1-3H3. The number of hydrogen-bond donors (Lipinski definition) is 1. The van der Waals surface area contributed by atoms with Crippen LogP contribution in [0.3, 0.4) is 0 Å². The van der Waals surface area contributed by atoms with Gasteiger partial charge in [0, 0.05) is 12.5 Å². The van der Waals surface area contributed by atoms with Gasteiger partial charge in [0.25, 0.3) is 0 Å². The molecule has 0 fully saturated rings. The van der Waals surface area contributed by atoms with Gasteiger partial charge in [-0.2, -0.15) is 0 Å². The van der Waals surface area contributed by atoms with E-state index in [1.165, 1.54) is 5.56 Å². The van der Waals surface area contributed by atoms with Gasteiger partial charge in [-0.05, 0) is 38.1 Å². The summed E-state index contributed by atoms with van der Waals surface area (Å²) in [6.07, 6.45) is 0.452. The summed E-state index contributed by atoms with van der Waals surface area (Å²) < 4.78 is 17.4. The molecule has 0 aromatic heterocycles. The fourth-order valence-corrected chi connectivity index (χ4v) is 1.51. The third kappa shape index (κ3) is 3.49. The van der Waals surface area contributed by atoms with Gasteiger partial charge in [-0.25, -0.2) is 0 Å². The molecule has 0 bridgehead atoms. The van der Waals surface area contributed by atoms with Gasteiger partial charge in [0.05, 0.1) is 13.3 Å². The molecule has 0 radical (unpaired) electrons. The van der Waals surface area contributed by atoms with Crippen LogP contribution in [0.25, 0.3) is 0 Å². The molecule has 0 saturated heterocycles. The maximum absolute atomic E-state index is 11.9. The molecule has 90 valence electrons. The van der Waals surface area contributed by atoms with E-state index in [0.29, 0.717) is 19.1 Å². The van der Waals surface area contributed by atoms with Crippen LogP contribution in [-0.4, -0.2) is 20.3 Å². The number of nitrogens with one attached hydrogen (secondary N) is 1. The lowest BCUT2D eigenvalue weighted by molar-refractivity contribution is 0.288. The van der Waals surface area contributed by atoms with E-state index in [2.05, 4.69) is 18.3 Å². The molecule has 2 nitrogen and oxygen atoms in total. The van der Waals surface area contributed by atoms with Crippen LogP contribution in [0.1, 0.15) is 30.5 Å². The molecule has 16 heavy (non-hydrogen) atoms. The molecule has 0 spiro atoms. The van der Waals surface area contributed by atoms with E-state index < -0.39 is 0 Å². The minimum atomic E-state index is -0.325. The molecule has 1 atom stereocenters. The van der Waals surface area contributed by atoms with Crippen LogP contribution in [0.15, 0.2) is 18.2 Å². The van der Waals surface area contributed by atoms with Gasteiger partial charge < -0.3 is 10.1 Å². The van der Waals surface area contributed by atoms with Gasteiger partial charge in [-0.15, -0.1) is 0 Å². The number of halogens is 1. The van der Waals surface area contributed by atoms with Crippen molar-refractivity contribution in [2.45, 2.75) is 26.3 Å². The summed E-state index contributed by atoms with van der Waals surface area (Å²) in [5.74, 6) is 0.848. The lowest BCUT2D eigenvalue weighted by atomic mass is 10.1. The van der Waals surface area contributed by atoms with E-state index in [4.69, 9.17) is 4.74 Å². The van der Waals surface area contributed by atoms with Crippen LogP contribution in [0.5, 0.6) is 5.75 Å². The van der Waals surface area contributed by atoms with Crippen molar-refractivity contribution in [3.63, 3.8) is 0 Å². The Kier molecular flexibility index (Phi) is 5.26. The Morgan fingerprint density at radius 3 is 2.75 bits per heavy atom. The second kappa shape index (κ2) is 6.48. The second-order valence-corrected chi connectivity index (χ2v) is 3.93. The Labute approximate surface area is 96.8 Å². The molecule has 1 aromatic carbocycles. The first kappa shape index (κ1) is 13.0. The topological polar surface area (TPSA) is 21.3 Å². The zero-order chi connectivity index (χ0) is 12.0. The summed E-state index contributed by atoms with van der Waals surface area (Å²) in [4.78, 5) is 0. The van der Waals surface area contributed by atoms with E-state index in [1.54, 1.807) is 0 Å². The highest BCUT2D eigenvalue weighted by atomic mass is 19.1. The van der Waals surface area contributed by atoms with Crippen molar-refractivity contribution >= 4 is 0 Å². The minimum absolute atomic E-state index is 0.325. The molecular formula is C13H20FNO. The molecule has 1 rings (SSSR count). The van der Waals surface area contributed by atoms with Gasteiger partial charge in [0.15, 0.2) is 0 Å².